The topological polar surface area (TPSA) is 66.6 Å². The number of aliphatic hydroxyl groups is 1. The molecule has 3 N–H and O–H groups in total. The second-order valence-electron chi connectivity index (χ2n) is 5.28. The van der Waals surface area contributed by atoms with Crippen LogP contribution in [0.15, 0.2) is 0 Å². The normalized spacial score (nSPS) is 28.6. The fourth-order valence-corrected chi connectivity index (χ4v) is 3.43. The van der Waals surface area contributed by atoms with Crippen LogP contribution < -0.4 is 5.73 Å². The highest BCUT2D eigenvalue weighted by Crippen LogP contribution is 2.47. The second-order valence-corrected chi connectivity index (χ2v) is 5.28. The van der Waals surface area contributed by atoms with Crippen LogP contribution in [0.25, 0.3) is 0 Å². The van der Waals surface area contributed by atoms with E-state index in [4.69, 9.17) is 5.73 Å². The fourth-order valence-electron chi connectivity index (χ4n) is 3.43. The lowest BCUT2D eigenvalue weighted by Crippen LogP contribution is -2.37. The highest BCUT2D eigenvalue weighted by Gasteiger charge is 2.47. The van der Waals surface area contributed by atoms with Gasteiger partial charge in [-0.2, -0.15) is 0 Å². The average molecular weight is 226 g/mol. The van der Waals surface area contributed by atoms with E-state index in [0.29, 0.717) is 6.54 Å². The highest BCUT2D eigenvalue weighted by atomic mass is 16.3. The molecule has 1 aliphatic heterocycles. The van der Waals surface area contributed by atoms with Crippen molar-refractivity contribution in [1.82, 2.24) is 4.90 Å². The molecule has 1 atom stereocenters. The van der Waals surface area contributed by atoms with Crippen molar-refractivity contribution in [1.29, 1.82) is 0 Å². The van der Waals surface area contributed by atoms with Gasteiger partial charge in [-0.3, -0.25) is 4.79 Å². The fraction of sp³-hybridized carbons (Fsp3) is 0.917. The largest absolute Gasteiger partial charge is 0.396 e. The molecule has 2 aliphatic rings. The van der Waals surface area contributed by atoms with E-state index in [-0.39, 0.29) is 30.4 Å². The molecule has 0 bridgehead atoms. The molecule has 1 aliphatic carbocycles. The van der Waals surface area contributed by atoms with Crippen LogP contribution in [0, 0.1) is 11.3 Å². The van der Waals surface area contributed by atoms with Gasteiger partial charge in [0.25, 0.3) is 0 Å². The van der Waals surface area contributed by atoms with E-state index in [1.165, 1.54) is 19.3 Å². The lowest BCUT2D eigenvalue weighted by Gasteiger charge is -2.37. The van der Waals surface area contributed by atoms with Gasteiger partial charge in [0.05, 0.1) is 6.54 Å². The monoisotopic (exact) mass is 226 g/mol. The molecule has 0 unspecified atom stereocenters. The van der Waals surface area contributed by atoms with Gasteiger partial charge in [0.2, 0.25) is 5.91 Å². The van der Waals surface area contributed by atoms with E-state index in [0.717, 1.165) is 19.4 Å². The van der Waals surface area contributed by atoms with Crippen molar-refractivity contribution in [2.75, 3.05) is 26.2 Å². The lowest BCUT2D eigenvalue weighted by molar-refractivity contribution is -0.129. The van der Waals surface area contributed by atoms with E-state index in [9.17, 15) is 9.90 Å². The number of amides is 1. The molecule has 4 heteroatoms. The first kappa shape index (κ1) is 11.9. The van der Waals surface area contributed by atoms with Crippen molar-refractivity contribution in [3.05, 3.63) is 0 Å². The van der Waals surface area contributed by atoms with Crippen molar-refractivity contribution in [3.8, 4) is 0 Å². The van der Waals surface area contributed by atoms with Crippen LogP contribution in [0.1, 0.15) is 32.1 Å². The van der Waals surface area contributed by atoms with Crippen LogP contribution in [-0.2, 0) is 4.79 Å². The van der Waals surface area contributed by atoms with Gasteiger partial charge >= 0.3 is 0 Å². The molecule has 4 nitrogen and oxygen atoms in total. The van der Waals surface area contributed by atoms with Crippen molar-refractivity contribution >= 4 is 5.91 Å². The molecular weight excluding hydrogens is 204 g/mol. The Morgan fingerprint density at radius 3 is 2.62 bits per heavy atom. The van der Waals surface area contributed by atoms with Crippen LogP contribution in [-0.4, -0.2) is 42.2 Å². The van der Waals surface area contributed by atoms with Crippen LogP contribution in [0.5, 0.6) is 0 Å². The van der Waals surface area contributed by atoms with Gasteiger partial charge in [-0.1, -0.05) is 19.3 Å². The minimum Gasteiger partial charge on any atom is -0.396 e. The predicted molar refractivity (Wildman–Crippen MR) is 61.7 cm³/mol. The summed E-state index contributed by atoms with van der Waals surface area (Å²) in [5.41, 5.74) is 5.60. The predicted octanol–water partition coefficient (Wildman–Crippen LogP) is 0.346. The Morgan fingerprint density at radius 2 is 2.06 bits per heavy atom. The molecule has 1 spiro atoms. The third-order valence-electron chi connectivity index (χ3n) is 4.41. The molecule has 2 rings (SSSR count). The molecule has 0 aromatic heterocycles. The Hall–Kier alpha value is -0.610. The molecule has 92 valence electrons. The highest BCUT2D eigenvalue weighted by molar-refractivity contribution is 5.78. The van der Waals surface area contributed by atoms with Gasteiger partial charge < -0.3 is 15.7 Å². The molecular formula is C12H22N2O2. The van der Waals surface area contributed by atoms with Gasteiger partial charge in [0, 0.05) is 25.6 Å². The van der Waals surface area contributed by atoms with Crippen molar-refractivity contribution in [2.45, 2.75) is 32.1 Å². The van der Waals surface area contributed by atoms with Crippen LogP contribution >= 0.6 is 0 Å². The van der Waals surface area contributed by atoms with Crippen LogP contribution in [0.4, 0.5) is 0 Å². The first-order valence-corrected chi connectivity index (χ1v) is 6.30. The van der Waals surface area contributed by atoms with E-state index < -0.39 is 0 Å². The molecule has 0 aromatic carbocycles. The summed E-state index contributed by atoms with van der Waals surface area (Å²) in [6.45, 7) is 1.81. The number of nitrogens with zero attached hydrogens (tertiary/aromatic N) is 1. The Labute approximate surface area is 96.8 Å². The summed E-state index contributed by atoms with van der Waals surface area (Å²) in [7, 11) is 0. The summed E-state index contributed by atoms with van der Waals surface area (Å²) in [4.78, 5) is 13.5. The van der Waals surface area contributed by atoms with E-state index >= 15 is 0 Å². The SMILES string of the molecule is NCC(=O)N1C[C@@H](CO)C2(CCCCC2)C1. The maximum absolute atomic E-state index is 11.6. The number of likely N-dealkylation sites (tertiary alicyclic amines) is 1. The molecule has 16 heavy (non-hydrogen) atoms. The third kappa shape index (κ3) is 1.96. The van der Waals surface area contributed by atoms with E-state index in [1.807, 2.05) is 4.90 Å². The summed E-state index contributed by atoms with van der Waals surface area (Å²) >= 11 is 0. The van der Waals surface area contributed by atoms with Gasteiger partial charge in [-0.15, -0.1) is 0 Å². The summed E-state index contributed by atoms with van der Waals surface area (Å²) in [5, 5.41) is 9.49. The molecule has 0 radical (unpaired) electrons. The number of hydrogen-bond acceptors (Lipinski definition) is 3. The minimum atomic E-state index is 0.0286. The number of carbonyl (C=O) groups excluding carboxylic acids is 1. The maximum Gasteiger partial charge on any atom is 0.236 e. The van der Waals surface area contributed by atoms with Gasteiger partial charge in [0.15, 0.2) is 0 Å². The van der Waals surface area contributed by atoms with Gasteiger partial charge in [-0.05, 0) is 18.3 Å². The first-order valence-electron chi connectivity index (χ1n) is 6.30. The van der Waals surface area contributed by atoms with Gasteiger partial charge in [0.1, 0.15) is 0 Å². The van der Waals surface area contributed by atoms with Crippen molar-refractivity contribution < 1.29 is 9.90 Å². The Kier molecular flexibility index (Phi) is 3.50. The zero-order chi connectivity index (χ0) is 11.6. The second kappa shape index (κ2) is 4.72. The molecule has 1 saturated heterocycles. The van der Waals surface area contributed by atoms with Crippen molar-refractivity contribution in [2.24, 2.45) is 17.1 Å². The summed E-state index contributed by atoms with van der Waals surface area (Å²) < 4.78 is 0. The zero-order valence-corrected chi connectivity index (χ0v) is 9.82. The third-order valence-corrected chi connectivity index (χ3v) is 4.41. The Bertz CT molecular complexity index is 262. The minimum absolute atomic E-state index is 0.0286. The lowest BCUT2D eigenvalue weighted by atomic mass is 9.68. The number of nitrogens with two attached hydrogens (primary N) is 1. The molecule has 2 fully saturated rings. The number of hydrogen-bond donors (Lipinski definition) is 2. The summed E-state index contributed by atoms with van der Waals surface area (Å²) in [5.74, 6) is 0.296. The van der Waals surface area contributed by atoms with Crippen LogP contribution in [0.3, 0.4) is 0 Å². The summed E-state index contributed by atoms with van der Waals surface area (Å²) in [6.07, 6.45) is 6.09. The Morgan fingerprint density at radius 1 is 1.38 bits per heavy atom. The molecule has 1 heterocycles. The number of aliphatic hydroxyl groups excluding tert-OH is 1. The average Bonchev–Trinajstić information content (AvgIpc) is 2.67. The first-order chi connectivity index (χ1) is 7.72. The summed E-state index contributed by atoms with van der Waals surface area (Å²) in [6, 6.07) is 0. The van der Waals surface area contributed by atoms with E-state index in [2.05, 4.69) is 0 Å². The number of carbonyl (C=O) groups is 1. The Balaban J connectivity index is 2.09. The quantitative estimate of drug-likeness (QED) is 0.714. The number of rotatable bonds is 2. The van der Waals surface area contributed by atoms with E-state index in [1.54, 1.807) is 0 Å². The molecule has 1 amide bonds. The van der Waals surface area contributed by atoms with Gasteiger partial charge in [-0.25, -0.2) is 0 Å². The molecule has 0 aromatic rings. The smallest absolute Gasteiger partial charge is 0.236 e. The van der Waals surface area contributed by atoms with Crippen molar-refractivity contribution in [3.63, 3.8) is 0 Å². The maximum atomic E-state index is 11.6. The zero-order valence-electron chi connectivity index (χ0n) is 9.82. The standard InChI is InChI=1S/C12H22N2O2/c13-6-11(16)14-7-10(8-15)12(9-14)4-2-1-3-5-12/h10,15H,1-9,13H2/t10-/m0/s1. The molecule has 1 saturated carbocycles. The van der Waals surface area contributed by atoms with Crippen LogP contribution in [0.2, 0.25) is 0 Å².